The SMILES string of the molecule is COc1cc(-c2ccccc2CN2CCC(C)(C)CC2)c(F)cn1. The lowest BCUT2D eigenvalue weighted by Crippen LogP contribution is -2.36. The topological polar surface area (TPSA) is 25.4 Å². The predicted molar refractivity (Wildman–Crippen MR) is 94.5 cm³/mol. The average Bonchev–Trinajstić information content (AvgIpc) is 2.58. The maximum absolute atomic E-state index is 14.3. The molecule has 0 unspecified atom stereocenters. The molecule has 0 amide bonds. The molecule has 0 atom stereocenters. The molecule has 24 heavy (non-hydrogen) atoms. The van der Waals surface area contributed by atoms with Crippen LogP contribution in [0.3, 0.4) is 0 Å². The number of nitrogens with zero attached hydrogens (tertiary/aromatic N) is 2. The first-order valence-corrected chi connectivity index (χ1v) is 8.49. The van der Waals surface area contributed by atoms with E-state index in [0.717, 1.165) is 30.8 Å². The van der Waals surface area contributed by atoms with Crippen molar-refractivity contribution in [3.63, 3.8) is 0 Å². The summed E-state index contributed by atoms with van der Waals surface area (Å²) in [7, 11) is 1.55. The van der Waals surface area contributed by atoms with E-state index in [4.69, 9.17) is 4.74 Å². The quantitative estimate of drug-likeness (QED) is 0.825. The third-order valence-electron chi connectivity index (χ3n) is 4.95. The molecule has 1 aliphatic heterocycles. The van der Waals surface area contributed by atoms with E-state index in [2.05, 4.69) is 29.8 Å². The number of methoxy groups -OCH3 is 1. The molecule has 128 valence electrons. The highest BCUT2D eigenvalue weighted by molar-refractivity contribution is 5.68. The fourth-order valence-corrected chi connectivity index (χ4v) is 3.22. The van der Waals surface area contributed by atoms with Gasteiger partial charge in [0.15, 0.2) is 0 Å². The first kappa shape index (κ1) is 16.9. The van der Waals surface area contributed by atoms with Crippen molar-refractivity contribution < 1.29 is 9.13 Å². The smallest absolute Gasteiger partial charge is 0.213 e. The van der Waals surface area contributed by atoms with Gasteiger partial charge in [0.2, 0.25) is 5.88 Å². The lowest BCUT2D eigenvalue weighted by atomic mass is 9.82. The summed E-state index contributed by atoms with van der Waals surface area (Å²) < 4.78 is 19.5. The minimum absolute atomic E-state index is 0.317. The van der Waals surface area contributed by atoms with Gasteiger partial charge in [0.1, 0.15) is 5.82 Å². The number of hydrogen-bond donors (Lipinski definition) is 0. The second-order valence-corrected chi connectivity index (χ2v) is 7.30. The molecular formula is C20H25FN2O. The van der Waals surface area contributed by atoms with Crippen LogP contribution in [0.25, 0.3) is 11.1 Å². The summed E-state index contributed by atoms with van der Waals surface area (Å²) >= 11 is 0. The number of piperidine rings is 1. The van der Waals surface area contributed by atoms with E-state index in [0.29, 0.717) is 16.9 Å². The van der Waals surface area contributed by atoms with Crippen molar-refractivity contribution >= 4 is 0 Å². The third-order valence-corrected chi connectivity index (χ3v) is 4.95. The van der Waals surface area contributed by atoms with Crippen molar-refractivity contribution in [2.24, 2.45) is 5.41 Å². The fraction of sp³-hybridized carbons (Fsp3) is 0.450. The highest BCUT2D eigenvalue weighted by Gasteiger charge is 2.25. The van der Waals surface area contributed by atoms with Gasteiger partial charge in [-0.2, -0.15) is 0 Å². The van der Waals surface area contributed by atoms with E-state index in [1.165, 1.54) is 19.0 Å². The molecular weight excluding hydrogens is 303 g/mol. The Morgan fingerprint density at radius 2 is 1.88 bits per heavy atom. The second kappa shape index (κ2) is 6.89. The molecule has 2 heterocycles. The maximum atomic E-state index is 14.3. The number of halogens is 1. The number of aromatic nitrogens is 1. The summed E-state index contributed by atoms with van der Waals surface area (Å²) in [6, 6.07) is 9.70. The molecule has 1 saturated heterocycles. The van der Waals surface area contributed by atoms with Crippen molar-refractivity contribution in [2.75, 3.05) is 20.2 Å². The molecule has 3 rings (SSSR count). The summed E-state index contributed by atoms with van der Waals surface area (Å²) in [5, 5.41) is 0. The van der Waals surface area contributed by atoms with Gasteiger partial charge in [0.25, 0.3) is 0 Å². The minimum Gasteiger partial charge on any atom is -0.481 e. The summed E-state index contributed by atoms with van der Waals surface area (Å²) in [6.45, 7) is 7.68. The molecule has 1 aromatic heterocycles. The van der Waals surface area contributed by atoms with Gasteiger partial charge in [-0.05, 0) is 42.5 Å². The maximum Gasteiger partial charge on any atom is 0.213 e. The van der Waals surface area contributed by atoms with Crippen LogP contribution in [0.5, 0.6) is 5.88 Å². The fourth-order valence-electron chi connectivity index (χ4n) is 3.22. The van der Waals surface area contributed by atoms with Crippen molar-refractivity contribution in [3.05, 3.63) is 47.9 Å². The molecule has 2 aromatic rings. The molecule has 0 spiro atoms. The Kier molecular flexibility index (Phi) is 4.86. The van der Waals surface area contributed by atoms with Gasteiger partial charge >= 0.3 is 0 Å². The van der Waals surface area contributed by atoms with Crippen molar-refractivity contribution in [2.45, 2.75) is 33.2 Å². The Bertz CT molecular complexity index is 705. The van der Waals surface area contributed by atoms with Crippen LogP contribution < -0.4 is 4.74 Å². The van der Waals surface area contributed by atoms with E-state index >= 15 is 0 Å². The van der Waals surface area contributed by atoms with E-state index in [-0.39, 0.29) is 5.82 Å². The van der Waals surface area contributed by atoms with Crippen LogP contribution in [0.15, 0.2) is 36.5 Å². The van der Waals surface area contributed by atoms with Gasteiger partial charge in [-0.1, -0.05) is 38.1 Å². The first-order chi connectivity index (χ1) is 11.5. The number of benzene rings is 1. The van der Waals surface area contributed by atoms with E-state index in [1.807, 2.05) is 18.2 Å². The summed E-state index contributed by atoms with van der Waals surface area (Å²) in [6.07, 6.45) is 3.63. The van der Waals surface area contributed by atoms with Gasteiger partial charge in [-0.25, -0.2) is 9.37 Å². The number of hydrogen-bond acceptors (Lipinski definition) is 3. The van der Waals surface area contributed by atoms with E-state index in [9.17, 15) is 4.39 Å². The number of ether oxygens (including phenoxy) is 1. The van der Waals surface area contributed by atoms with Crippen LogP contribution in [0.4, 0.5) is 4.39 Å². The van der Waals surface area contributed by atoms with Crippen LogP contribution in [0.2, 0.25) is 0 Å². The average molecular weight is 328 g/mol. The highest BCUT2D eigenvalue weighted by atomic mass is 19.1. The summed E-state index contributed by atoms with van der Waals surface area (Å²) in [5.74, 6) is 0.115. The van der Waals surface area contributed by atoms with E-state index in [1.54, 1.807) is 13.2 Å². The van der Waals surface area contributed by atoms with Crippen LogP contribution in [-0.4, -0.2) is 30.1 Å². The zero-order chi connectivity index (χ0) is 17.2. The van der Waals surface area contributed by atoms with Gasteiger partial charge in [-0.15, -0.1) is 0 Å². The normalized spacial score (nSPS) is 17.7. The van der Waals surface area contributed by atoms with Crippen LogP contribution in [0.1, 0.15) is 32.3 Å². The largest absolute Gasteiger partial charge is 0.481 e. The zero-order valence-corrected chi connectivity index (χ0v) is 14.7. The zero-order valence-electron chi connectivity index (χ0n) is 14.7. The van der Waals surface area contributed by atoms with Crippen LogP contribution in [0, 0.1) is 11.2 Å². The molecule has 4 heteroatoms. The van der Waals surface area contributed by atoms with E-state index < -0.39 is 0 Å². The molecule has 3 nitrogen and oxygen atoms in total. The predicted octanol–water partition coefficient (Wildman–Crippen LogP) is 4.52. The molecule has 0 radical (unpaired) electrons. The summed E-state index contributed by atoms with van der Waals surface area (Å²) in [4.78, 5) is 6.40. The Morgan fingerprint density at radius 1 is 1.17 bits per heavy atom. The van der Waals surface area contributed by atoms with Gasteiger partial charge in [0.05, 0.1) is 13.3 Å². The van der Waals surface area contributed by atoms with Gasteiger partial charge < -0.3 is 4.74 Å². The van der Waals surface area contributed by atoms with Gasteiger partial charge in [0, 0.05) is 18.2 Å². The van der Waals surface area contributed by atoms with Crippen molar-refractivity contribution in [3.8, 4) is 17.0 Å². The standard InChI is InChI=1S/C20H25FN2O/c1-20(2)8-10-23(11-9-20)14-15-6-4-5-7-16(15)17-12-19(24-3)22-13-18(17)21/h4-7,12-13H,8-11,14H2,1-3H3. The lowest BCUT2D eigenvalue weighted by molar-refractivity contribution is 0.127. The monoisotopic (exact) mass is 328 g/mol. The Balaban J connectivity index is 1.86. The third kappa shape index (κ3) is 3.75. The molecule has 0 saturated carbocycles. The molecule has 0 bridgehead atoms. The van der Waals surface area contributed by atoms with Gasteiger partial charge in [-0.3, -0.25) is 4.90 Å². The second-order valence-electron chi connectivity index (χ2n) is 7.30. The molecule has 1 fully saturated rings. The van der Waals surface area contributed by atoms with Crippen molar-refractivity contribution in [1.29, 1.82) is 0 Å². The van der Waals surface area contributed by atoms with Crippen molar-refractivity contribution in [1.82, 2.24) is 9.88 Å². The number of pyridine rings is 1. The Morgan fingerprint density at radius 3 is 2.58 bits per heavy atom. The molecule has 1 aromatic carbocycles. The Hall–Kier alpha value is -1.94. The molecule has 0 aliphatic carbocycles. The highest BCUT2D eigenvalue weighted by Crippen LogP contribution is 2.33. The first-order valence-electron chi connectivity index (χ1n) is 8.49. The van der Waals surface area contributed by atoms with Crippen LogP contribution in [-0.2, 0) is 6.54 Å². The molecule has 1 aliphatic rings. The Labute approximate surface area is 143 Å². The summed E-state index contributed by atoms with van der Waals surface area (Å²) in [5.41, 5.74) is 3.04. The lowest BCUT2D eigenvalue weighted by Gasteiger charge is -2.37. The minimum atomic E-state index is -0.317. The number of likely N-dealkylation sites (tertiary alicyclic amines) is 1. The number of rotatable bonds is 4. The van der Waals surface area contributed by atoms with Crippen LogP contribution >= 0.6 is 0 Å². The molecule has 0 N–H and O–H groups in total.